The zero-order valence-electron chi connectivity index (χ0n) is 12.7. The highest BCUT2D eigenvalue weighted by molar-refractivity contribution is 6.30. The predicted octanol–water partition coefficient (Wildman–Crippen LogP) is 3.56. The molecule has 1 N–H and O–H groups in total. The van der Waals surface area contributed by atoms with Crippen LogP contribution >= 0.6 is 11.6 Å². The number of halogens is 1. The van der Waals surface area contributed by atoms with E-state index in [0.717, 1.165) is 5.56 Å². The second-order valence-electron chi connectivity index (χ2n) is 5.68. The molecular formula is C16H22ClNO2. The van der Waals surface area contributed by atoms with Gasteiger partial charge in [0.2, 0.25) is 5.91 Å². The minimum absolute atomic E-state index is 0.0290. The van der Waals surface area contributed by atoms with Crippen molar-refractivity contribution in [3.63, 3.8) is 0 Å². The van der Waals surface area contributed by atoms with Crippen LogP contribution in [0, 0.1) is 5.92 Å². The molecule has 0 bridgehead atoms. The number of hydrogen-bond acceptors (Lipinski definition) is 2. The number of amides is 1. The molecule has 2 unspecified atom stereocenters. The molecule has 0 radical (unpaired) electrons. The van der Waals surface area contributed by atoms with Crippen LogP contribution in [0.25, 0.3) is 0 Å². The number of carbonyl (C=O) groups excluding carboxylic acids is 2. The highest BCUT2D eigenvalue weighted by Crippen LogP contribution is 2.22. The van der Waals surface area contributed by atoms with Gasteiger partial charge in [-0.2, -0.15) is 0 Å². The largest absolute Gasteiger partial charge is 0.343 e. The molecule has 3 nitrogen and oxygen atoms in total. The lowest BCUT2D eigenvalue weighted by Gasteiger charge is -2.33. The van der Waals surface area contributed by atoms with Crippen molar-refractivity contribution in [2.45, 2.75) is 46.1 Å². The molecular weight excluding hydrogens is 274 g/mol. The normalized spacial score (nSPS) is 15.6. The van der Waals surface area contributed by atoms with Crippen molar-refractivity contribution in [3.05, 3.63) is 34.9 Å². The third kappa shape index (κ3) is 3.60. The zero-order valence-corrected chi connectivity index (χ0v) is 13.4. The zero-order chi connectivity index (χ0) is 15.5. The molecule has 2 atom stereocenters. The molecule has 20 heavy (non-hydrogen) atoms. The monoisotopic (exact) mass is 295 g/mol. The maximum Gasteiger partial charge on any atom is 0.228 e. The number of Topliss-reactive ketones (excluding diaryl/α,β-unsaturated/α-hetero) is 1. The van der Waals surface area contributed by atoms with Gasteiger partial charge in [-0.1, -0.05) is 37.6 Å². The summed E-state index contributed by atoms with van der Waals surface area (Å²) in [6.45, 7) is 8.95. The van der Waals surface area contributed by atoms with Gasteiger partial charge >= 0.3 is 0 Å². The van der Waals surface area contributed by atoms with E-state index in [0.29, 0.717) is 5.02 Å². The fourth-order valence-electron chi connectivity index (χ4n) is 1.91. The van der Waals surface area contributed by atoms with Gasteiger partial charge in [-0.3, -0.25) is 9.59 Å². The van der Waals surface area contributed by atoms with Crippen LogP contribution in [0.3, 0.4) is 0 Å². The van der Waals surface area contributed by atoms with E-state index in [1.54, 1.807) is 19.1 Å². The number of ketones is 1. The highest BCUT2D eigenvalue weighted by Gasteiger charge is 2.36. The molecule has 0 saturated heterocycles. The summed E-state index contributed by atoms with van der Waals surface area (Å²) in [5.74, 6) is -0.492. The van der Waals surface area contributed by atoms with Crippen molar-refractivity contribution in [1.29, 1.82) is 0 Å². The molecule has 1 amide bonds. The van der Waals surface area contributed by atoms with Crippen molar-refractivity contribution >= 4 is 23.3 Å². The van der Waals surface area contributed by atoms with Crippen LogP contribution in [0.15, 0.2) is 24.3 Å². The van der Waals surface area contributed by atoms with Crippen LogP contribution in [0.5, 0.6) is 0 Å². The van der Waals surface area contributed by atoms with Gasteiger partial charge in [0.05, 0.1) is 11.5 Å². The van der Waals surface area contributed by atoms with Gasteiger partial charge in [-0.15, -0.1) is 0 Å². The number of nitrogens with one attached hydrogen (secondary N) is 1. The minimum Gasteiger partial charge on any atom is -0.343 e. The first-order chi connectivity index (χ1) is 9.18. The molecule has 110 valence electrons. The standard InChI is InChI=1S/C16H22ClNO2/c1-10(2)16(5,12(4)19)18-15(20)11(3)13-6-8-14(17)9-7-13/h6-11H,1-5H3,(H,18,20). The third-order valence-electron chi connectivity index (χ3n) is 4.03. The van der Waals surface area contributed by atoms with E-state index in [2.05, 4.69) is 5.32 Å². The second kappa shape index (κ2) is 6.40. The Hall–Kier alpha value is -1.35. The number of rotatable bonds is 5. The molecule has 0 saturated carbocycles. The van der Waals surface area contributed by atoms with Crippen molar-refractivity contribution in [3.8, 4) is 0 Å². The van der Waals surface area contributed by atoms with Crippen LogP contribution < -0.4 is 5.32 Å². The smallest absolute Gasteiger partial charge is 0.228 e. The molecule has 1 aromatic rings. The Kier molecular flexibility index (Phi) is 5.35. The van der Waals surface area contributed by atoms with E-state index < -0.39 is 5.54 Å². The van der Waals surface area contributed by atoms with E-state index in [-0.39, 0.29) is 23.5 Å². The van der Waals surface area contributed by atoms with Gasteiger partial charge in [0.15, 0.2) is 5.78 Å². The molecule has 4 heteroatoms. The maximum atomic E-state index is 12.4. The lowest BCUT2D eigenvalue weighted by atomic mass is 9.84. The summed E-state index contributed by atoms with van der Waals surface area (Å²) in [7, 11) is 0. The summed E-state index contributed by atoms with van der Waals surface area (Å²) in [6, 6.07) is 7.17. The van der Waals surface area contributed by atoms with Crippen LogP contribution in [0.4, 0.5) is 0 Å². The van der Waals surface area contributed by atoms with E-state index in [9.17, 15) is 9.59 Å². The van der Waals surface area contributed by atoms with E-state index in [1.807, 2.05) is 32.9 Å². The van der Waals surface area contributed by atoms with Crippen molar-refractivity contribution < 1.29 is 9.59 Å². The number of carbonyl (C=O) groups is 2. The quantitative estimate of drug-likeness (QED) is 0.903. The maximum absolute atomic E-state index is 12.4. The van der Waals surface area contributed by atoms with Gasteiger partial charge in [0, 0.05) is 5.02 Å². The first-order valence-corrected chi connectivity index (χ1v) is 7.14. The van der Waals surface area contributed by atoms with Gasteiger partial charge in [0.1, 0.15) is 0 Å². The molecule has 0 aliphatic rings. The van der Waals surface area contributed by atoms with Crippen LogP contribution in [0.2, 0.25) is 5.02 Å². The molecule has 0 aliphatic heterocycles. The fraction of sp³-hybridized carbons (Fsp3) is 0.500. The van der Waals surface area contributed by atoms with E-state index >= 15 is 0 Å². The van der Waals surface area contributed by atoms with E-state index in [1.165, 1.54) is 6.92 Å². The van der Waals surface area contributed by atoms with Crippen molar-refractivity contribution in [2.75, 3.05) is 0 Å². The fourth-order valence-corrected chi connectivity index (χ4v) is 2.03. The SMILES string of the molecule is CC(=O)C(C)(NC(=O)C(C)c1ccc(Cl)cc1)C(C)C. The highest BCUT2D eigenvalue weighted by atomic mass is 35.5. The van der Waals surface area contributed by atoms with Crippen LogP contribution in [0.1, 0.15) is 46.1 Å². The Morgan fingerprint density at radius 1 is 1.15 bits per heavy atom. The van der Waals surface area contributed by atoms with Gasteiger partial charge < -0.3 is 5.32 Å². The molecule has 1 aromatic carbocycles. The summed E-state index contributed by atoms with van der Waals surface area (Å²) < 4.78 is 0. The molecule has 0 spiro atoms. The average Bonchev–Trinajstić information content (AvgIpc) is 2.38. The van der Waals surface area contributed by atoms with Gasteiger partial charge in [-0.25, -0.2) is 0 Å². The average molecular weight is 296 g/mol. The molecule has 0 aromatic heterocycles. The molecule has 0 heterocycles. The lowest BCUT2D eigenvalue weighted by molar-refractivity contribution is -0.132. The lowest BCUT2D eigenvalue weighted by Crippen LogP contribution is -2.55. The van der Waals surface area contributed by atoms with Crippen LogP contribution in [-0.2, 0) is 9.59 Å². The summed E-state index contributed by atoms with van der Waals surface area (Å²) in [6.07, 6.45) is 0. The Labute approximate surface area is 125 Å². The summed E-state index contributed by atoms with van der Waals surface area (Å²) in [5, 5.41) is 3.52. The number of hydrogen-bond donors (Lipinski definition) is 1. The molecule has 1 rings (SSSR count). The summed E-state index contributed by atoms with van der Waals surface area (Å²) in [5.41, 5.74) is 0.0409. The first-order valence-electron chi connectivity index (χ1n) is 6.77. The number of benzene rings is 1. The van der Waals surface area contributed by atoms with Crippen molar-refractivity contribution in [2.24, 2.45) is 5.92 Å². The topological polar surface area (TPSA) is 46.2 Å². The van der Waals surface area contributed by atoms with Gasteiger partial charge in [0.25, 0.3) is 0 Å². The van der Waals surface area contributed by atoms with Crippen molar-refractivity contribution in [1.82, 2.24) is 5.32 Å². The Morgan fingerprint density at radius 3 is 2.05 bits per heavy atom. The first kappa shape index (κ1) is 16.7. The predicted molar refractivity (Wildman–Crippen MR) is 81.9 cm³/mol. The molecule has 0 fully saturated rings. The molecule has 0 aliphatic carbocycles. The minimum atomic E-state index is -0.836. The van der Waals surface area contributed by atoms with Crippen LogP contribution in [-0.4, -0.2) is 17.2 Å². The van der Waals surface area contributed by atoms with E-state index in [4.69, 9.17) is 11.6 Å². The second-order valence-corrected chi connectivity index (χ2v) is 6.11. The Morgan fingerprint density at radius 2 is 1.65 bits per heavy atom. The Bertz CT molecular complexity index is 496. The van der Waals surface area contributed by atoms with Gasteiger partial charge in [-0.05, 0) is 44.4 Å². The summed E-state index contributed by atoms with van der Waals surface area (Å²) >= 11 is 5.84. The third-order valence-corrected chi connectivity index (χ3v) is 4.28. The Balaban J connectivity index is 2.89. The summed E-state index contributed by atoms with van der Waals surface area (Å²) in [4.78, 5) is 24.2.